The minimum Gasteiger partial charge on any atom is -0.378 e. The molecule has 7 rings (SSSR count). The lowest BCUT2D eigenvalue weighted by atomic mass is 9.86. The highest BCUT2D eigenvalue weighted by Gasteiger charge is 2.30. The van der Waals surface area contributed by atoms with E-state index in [-0.39, 0.29) is 16.5 Å². The normalized spacial score (nSPS) is 16.4. The Labute approximate surface area is 274 Å². The highest BCUT2D eigenvalue weighted by atomic mass is 16.5. The van der Waals surface area contributed by atoms with Crippen molar-refractivity contribution in [3.8, 4) is 16.9 Å². The number of hydrogen-bond donors (Lipinski definition) is 1. The summed E-state index contributed by atoms with van der Waals surface area (Å²) >= 11 is 0. The lowest BCUT2D eigenvalue weighted by Crippen LogP contribution is -2.51. The summed E-state index contributed by atoms with van der Waals surface area (Å²) in [6.45, 7) is 12.3. The third kappa shape index (κ3) is 5.99. The second-order valence-electron chi connectivity index (χ2n) is 13.8. The second kappa shape index (κ2) is 12.2. The number of likely N-dealkylation sites (tertiary alicyclic amines) is 1. The van der Waals surface area contributed by atoms with Gasteiger partial charge in [0.1, 0.15) is 11.5 Å². The van der Waals surface area contributed by atoms with Gasteiger partial charge in [0.05, 0.1) is 42.2 Å². The van der Waals surface area contributed by atoms with E-state index < -0.39 is 0 Å². The van der Waals surface area contributed by atoms with Crippen LogP contribution < -0.4 is 16.4 Å². The standard InChI is InChI=1S/C37H41N7O3/c1-23-29(7-6-8-33(23)44-35(45)30-11-10-27(37(2,3)4)17-26(30)20-39-44)31-18-32(36(46)42(5)41-31)40-34-12-9-25(19-38-34)24-13-15-43(16-14-24)28-21-47-22-28/h6-12,17-20,24,28H,13-16,21-22H2,1-5H3,(H,38,40). The Balaban J connectivity index is 1.14. The van der Waals surface area contributed by atoms with Gasteiger partial charge in [0.2, 0.25) is 0 Å². The van der Waals surface area contributed by atoms with Crippen LogP contribution in [0.5, 0.6) is 0 Å². The fourth-order valence-corrected chi connectivity index (χ4v) is 6.64. The first-order valence-electron chi connectivity index (χ1n) is 16.3. The zero-order valence-corrected chi connectivity index (χ0v) is 27.7. The Morgan fingerprint density at radius 1 is 0.936 bits per heavy atom. The van der Waals surface area contributed by atoms with Crippen molar-refractivity contribution >= 4 is 22.3 Å². The van der Waals surface area contributed by atoms with E-state index in [9.17, 15) is 9.59 Å². The zero-order valence-electron chi connectivity index (χ0n) is 27.7. The van der Waals surface area contributed by atoms with Gasteiger partial charge in [-0.3, -0.25) is 14.5 Å². The number of nitrogens with zero attached hydrogens (tertiary/aromatic N) is 6. The predicted octanol–water partition coefficient (Wildman–Crippen LogP) is 5.47. The number of ether oxygens (including phenoxy) is 1. The number of aryl methyl sites for hydroxylation is 1. The SMILES string of the molecule is Cc1c(-c2cc(Nc3ccc(C4CCN(C5COC5)CC4)cn3)c(=O)n(C)n2)cccc1-n1ncc2cc(C(C)(C)C)ccc2c1=O. The molecule has 0 aliphatic carbocycles. The largest absolute Gasteiger partial charge is 0.378 e. The summed E-state index contributed by atoms with van der Waals surface area (Å²) < 4.78 is 8.13. The van der Waals surface area contributed by atoms with Crippen LogP contribution in [0.2, 0.25) is 0 Å². The van der Waals surface area contributed by atoms with Crippen molar-refractivity contribution in [2.45, 2.75) is 57.9 Å². The molecule has 10 heteroatoms. The van der Waals surface area contributed by atoms with Crippen molar-refractivity contribution in [3.63, 3.8) is 0 Å². The van der Waals surface area contributed by atoms with Crippen LogP contribution in [0.3, 0.4) is 0 Å². The van der Waals surface area contributed by atoms with Crippen molar-refractivity contribution in [1.29, 1.82) is 0 Å². The third-order valence-electron chi connectivity index (χ3n) is 9.71. The van der Waals surface area contributed by atoms with Crippen LogP contribution in [0.1, 0.15) is 56.2 Å². The van der Waals surface area contributed by atoms with Gasteiger partial charge in [-0.15, -0.1) is 0 Å². The quantitative estimate of drug-likeness (QED) is 0.263. The van der Waals surface area contributed by atoms with Gasteiger partial charge in [0.25, 0.3) is 11.1 Å². The molecule has 10 nitrogen and oxygen atoms in total. The molecular weight excluding hydrogens is 590 g/mol. The zero-order chi connectivity index (χ0) is 32.9. The third-order valence-corrected chi connectivity index (χ3v) is 9.71. The van der Waals surface area contributed by atoms with Crippen LogP contribution in [0, 0.1) is 6.92 Å². The molecular formula is C37H41N7O3. The Morgan fingerprint density at radius 2 is 1.72 bits per heavy atom. The predicted molar refractivity (Wildman–Crippen MR) is 185 cm³/mol. The highest BCUT2D eigenvalue weighted by molar-refractivity contribution is 5.82. The Bertz CT molecular complexity index is 2070. The molecule has 47 heavy (non-hydrogen) atoms. The smallest absolute Gasteiger partial charge is 0.290 e. The number of fused-ring (bicyclic) bond motifs is 1. The summed E-state index contributed by atoms with van der Waals surface area (Å²) in [7, 11) is 1.63. The average Bonchev–Trinajstić information content (AvgIpc) is 3.03. The number of rotatable bonds is 6. The molecule has 0 radical (unpaired) electrons. The summed E-state index contributed by atoms with van der Waals surface area (Å²) in [6, 6.07) is 18.0. The van der Waals surface area contributed by atoms with Crippen LogP contribution in [0.25, 0.3) is 27.7 Å². The number of aromatic nitrogens is 5. The van der Waals surface area contributed by atoms with Gasteiger partial charge in [0, 0.05) is 24.2 Å². The first kappa shape index (κ1) is 31.0. The molecule has 0 atom stereocenters. The first-order valence-corrected chi connectivity index (χ1v) is 16.3. The fraction of sp³-hybridized carbons (Fsp3) is 0.378. The summed E-state index contributed by atoms with van der Waals surface area (Å²) in [5.41, 5.74) is 5.13. The number of nitrogens with one attached hydrogen (secondary N) is 1. The molecule has 0 unspecified atom stereocenters. The van der Waals surface area contributed by atoms with E-state index in [1.54, 1.807) is 19.3 Å². The molecule has 0 bridgehead atoms. The van der Waals surface area contributed by atoms with E-state index >= 15 is 0 Å². The number of pyridine rings is 1. The van der Waals surface area contributed by atoms with Gasteiger partial charge in [-0.1, -0.05) is 45.0 Å². The Morgan fingerprint density at radius 3 is 2.40 bits per heavy atom. The molecule has 2 fully saturated rings. The topological polar surface area (TPSA) is 107 Å². The van der Waals surface area contributed by atoms with Gasteiger partial charge >= 0.3 is 0 Å². The van der Waals surface area contributed by atoms with Crippen molar-refractivity contribution < 1.29 is 4.74 Å². The summed E-state index contributed by atoms with van der Waals surface area (Å²) in [6.07, 6.45) is 5.89. The van der Waals surface area contributed by atoms with E-state index in [4.69, 9.17) is 4.74 Å². The summed E-state index contributed by atoms with van der Waals surface area (Å²) in [4.78, 5) is 34.0. The van der Waals surface area contributed by atoms with Gasteiger partial charge < -0.3 is 10.1 Å². The molecule has 0 saturated carbocycles. The Kier molecular flexibility index (Phi) is 8.01. The minimum absolute atomic E-state index is 0.0345. The summed E-state index contributed by atoms with van der Waals surface area (Å²) in [5, 5.41) is 13.8. The lowest BCUT2D eigenvalue weighted by molar-refractivity contribution is -0.0712. The maximum absolute atomic E-state index is 13.6. The van der Waals surface area contributed by atoms with Crippen LogP contribution in [-0.2, 0) is 17.2 Å². The van der Waals surface area contributed by atoms with Crippen molar-refractivity contribution in [3.05, 3.63) is 104 Å². The molecule has 2 aromatic carbocycles. The van der Waals surface area contributed by atoms with Crippen LogP contribution in [-0.4, -0.2) is 61.8 Å². The second-order valence-corrected chi connectivity index (χ2v) is 13.8. The van der Waals surface area contributed by atoms with Crippen LogP contribution in [0.4, 0.5) is 11.5 Å². The monoisotopic (exact) mass is 631 g/mol. The van der Waals surface area contributed by atoms with Crippen molar-refractivity contribution in [2.24, 2.45) is 7.05 Å². The van der Waals surface area contributed by atoms with E-state index in [1.807, 2.05) is 55.6 Å². The molecule has 0 spiro atoms. The van der Waals surface area contributed by atoms with Gasteiger partial charge in [-0.05, 0) is 91.2 Å². The van der Waals surface area contributed by atoms with Crippen LogP contribution >= 0.6 is 0 Å². The minimum atomic E-state index is -0.261. The number of piperidine rings is 1. The summed E-state index contributed by atoms with van der Waals surface area (Å²) in [5.74, 6) is 1.08. The van der Waals surface area contributed by atoms with E-state index in [0.29, 0.717) is 40.2 Å². The van der Waals surface area contributed by atoms with Gasteiger partial charge in [0.15, 0.2) is 0 Å². The first-order chi connectivity index (χ1) is 22.6. The maximum atomic E-state index is 13.6. The molecule has 3 aromatic heterocycles. The molecule has 2 saturated heterocycles. The molecule has 5 aromatic rings. The van der Waals surface area contributed by atoms with E-state index in [2.05, 4.69) is 52.2 Å². The van der Waals surface area contributed by atoms with Crippen LogP contribution in [0.15, 0.2) is 76.6 Å². The fourth-order valence-electron chi connectivity index (χ4n) is 6.64. The average molecular weight is 632 g/mol. The molecule has 5 heterocycles. The Hall–Kier alpha value is -4.67. The molecule has 2 aliphatic rings. The van der Waals surface area contributed by atoms with E-state index in [0.717, 1.165) is 61.2 Å². The number of benzene rings is 2. The molecule has 2 aliphatic heterocycles. The molecule has 0 amide bonds. The van der Waals surface area contributed by atoms with E-state index in [1.165, 1.54) is 14.9 Å². The maximum Gasteiger partial charge on any atom is 0.290 e. The van der Waals surface area contributed by atoms with Crippen molar-refractivity contribution in [2.75, 3.05) is 31.6 Å². The molecule has 1 N–H and O–H groups in total. The number of hydrogen-bond acceptors (Lipinski definition) is 8. The van der Waals surface area contributed by atoms with Gasteiger partial charge in [-0.2, -0.15) is 14.9 Å². The lowest BCUT2D eigenvalue weighted by Gasteiger charge is -2.41. The van der Waals surface area contributed by atoms with Gasteiger partial charge in [-0.25, -0.2) is 9.67 Å². The van der Waals surface area contributed by atoms with Crippen molar-refractivity contribution in [1.82, 2.24) is 29.4 Å². The highest BCUT2D eigenvalue weighted by Crippen LogP contribution is 2.31. The molecule has 242 valence electrons. The number of anilines is 2.